The number of aryl methyl sites for hydroxylation is 2. The molecule has 0 bridgehead atoms. The summed E-state index contributed by atoms with van der Waals surface area (Å²) in [4.78, 5) is 26.3. The maximum absolute atomic E-state index is 13.2. The summed E-state index contributed by atoms with van der Waals surface area (Å²) in [5.41, 5.74) is 4.30. The van der Waals surface area contributed by atoms with Crippen LogP contribution in [0.5, 0.6) is 11.5 Å². The fourth-order valence-electron chi connectivity index (χ4n) is 5.92. The van der Waals surface area contributed by atoms with Crippen LogP contribution >= 0.6 is 0 Å². The molecule has 2 N–H and O–H groups in total. The van der Waals surface area contributed by atoms with E-state index in [9.17, 15) is 19.8 Å². The van der Waals surface area contributed by atoms with Gasteiger partial charge in [0.05, 0.1) is 0 Å². The lowest BCUT2D eigenvalue weighted by molar-refractivity contribution is -0.189. The van der Waals surface area contributed by atoms with E-state index in [4.69, 9.17) is 9.47 Å². The molecule has 0 unspecified atom stereocenters. The maximum Gasteiger partial charge on any atom is 0.309 e. The number of ether oxygens (including phenoxy) is 2. The molecule has 0 aliphatic heterocycles. The molecule has 0 atom stereocenters. The zero-order chi connectivity index (χ0) is 36.7. The van der Waals surface area contributed by atoms with Gasteiger partial charge in [0, 0.05) is 19.3 Å². The van der Waals surface area contributed by atoms with Crippen LogP contribution in [-0.4, -0.2) is 28.4 Å². The van der Waals surface area contributed by atoms with Crippen LogP contribution in [0.15, 0.2) is 24.3 Å². The van der Waals surface area contributed by atoms with E-state index in [1.807, 2.05) is 24.3 Å². The fourth-order valence-corrected chi connectivity index (χ4v) is 5.92. The molecule has 2 aromatic carbocycles. The second-order valence-corrected chi connectivity index (χ2v) is 17.7. The van der Waals surface area contributed by atoms with E-state index < -0.39 is 18.2 Å². The molecule has 48 heavy (non-hydrogen) atoms. The molecule has 0 aliphatic rings. The van der Waals surface area contributed by atoms with Crippen molar-refractivity contribution in [2.75, 3.05) is 0 Å². The quantitative estimate of drug-likeness (QED) is 0.118. The van der Waals surface area contributed by atoms with Gasteiger partial charge < -0.3 is 19.7 Å². The summed E-state index contributed by atoms with van der Waals surface area (Å²) in [6.45, 7) is 27.0. The minimum absolute atomic E-state index is 0.139. The molecule has 0 heterocycles. The number of carbonyl (C=O) groups is 2. The molecule has 270 valence electrons. The second-order valence-electron chi connectivity index (χ2n) is 17.7. The van der Waals surface area contributed by atoms with Crippen molar-refractivity contribution >= 4 is 11.9 Å². The lowest BCUT2D eigenvalue weighted by Crippen LogP contribution is -2.25. The van der Waals surface area contributed by atoms with Gasteiger partial charge in [-0.1, -0.05) is 140 Å². The van der Waals surface area contributed by atoms with Crippen molar-refractivity contribution < 1.29 is 29.3 Å². The van der Waals surface area contributed by atoms with Crippen molar-refractivity contribution in [3.05, 3.63) is 57.6 Å². The number of hydrogen-bond acceptors (Lipinski definition) is 6. The summed E-state index contributed by atoms with van der Waals surface area (Å²) in [6.07, 6.45) is 5.86. The first kappa shape index (κ1) is 41.2. The van der Waals surface area contributed by atoms with Gasteiger partial charge in [-0.25, -0.2) is 0 Å². The first-order valence-electron chi connectivity index (χ1n) is 18.1. The normalized spacial score (nSPS) is 12.8. The van der Waals surface area contributed by atoms with Crippen molar-refractivity contribution in [2.24, 2.45) is 0 Å². The first-order valence-corrected chi connectivity index (χ1v) is 18.1. The standard InChI is InChI=1S/C42H66O6/c1-14-15-16-17-18-19-36(47-34(43)22-20-28-24-30(39(2,3)4)37(45)31(25-28)40(5,6)7)48-35(44)23-21-29-26-32(41(8,9)10)38(46)33(27-29)42(11,12)13/h24-27,36,45-46H,14-23H2,1-13H3. The van der Waals surface area contributed by atoms with Crippen LogP contribution in [0, 0.1) is 0 Å². The lowest BCUT2D eigenvalue weighted by atomic mass is 9.78. The number of esters is 2. The van der Waals surface area contributed by atoms with Crippen molar-refractivity contribution in [2.45, 2.75) is 182 Å². The van der Waals surface area contributed by atoms with Crippen LogP contribution in [0.3, 0.4) is 0 Å². The molecule has 0 fully saturated rings. The van der Waals surface area contributed by atoms with E-state index in [0.29, 0.717) is 30.8 Å². The zero-order valence-electron chi connectivity index (χ0n) is 32.5. The Morgan fingerprint density at radius 2 is 0.875 bits per heavy atom. The van der Waals surface area contributed by atoms with Gasteiger partial charge in [0.2, 0.25) is 6.29 Å². The highest BCUT2D eigenvalue weighted by molar-refractivity contribution is 5.72. The van der Waals surface area contributed by atoms with E-state index >= 15 is 0 Å². The summed E-state index contributed by atoms with van der Waals surface area (Å²) >= 11 is 0. The van der Waals surface area contributed by atoms with E-state index in [1.54, 1.807) is 0 Å². The van der Waals surface area contributed by atoms with E-state index in [-0.39, 0.29) is 34.5 Å². The van der Waals surface area contributed by atoms with Gasteiger partial charge in [0.15, 0.2) is 0 Å². The Balaban J connectivity index is 2.19. The average Bonchev–Trinajstić information content (AvgIpc) is 2.93. The van der Waals surface area contributed by atoms with Gasteiger partial charge in [-0.3, -0.25) is 9.59 Å². The Morgan fingerprint density at radius 1 is 0.562 bits per heavy atom. The number of aromatic hydroxyl groups is 2. The predicted molar refractivity (Wildman–Crippen MR) is 197 cm³/mol. The van der Waals surface area contributed by atoms with Crippen LogP contribution in [0.2, 0.25) is 0 Å². The fraction of sp³-hybridized carbons (Fsp3) is 0.667. The van der Waals surface area contributed by atoms with Gasteiger partial charge in [-0.15, -0.1) is 0 Å². The number of unbranched alkanes of at least 4 members (excludes halogenated alkanes) is 4. The van der Waals surface area contributed by atoms with Crippen LogP contribution in [0.25, 0.3) is 0 Å². The van der Waals surface area contributed by atoms with Gasteiger partial charge >= 0.3 is 11.9 Å². The molecule has 0 amide bonds. The Kier molecular flexibility index (Phi) is 14.2. The van der Waals surface area contributed by atoms with E-state index in [0.717, 1.165) is 65.5 Å². The highest BCUT2D eigenvalue weighted by Gasteiger charge is 2.28. The number of phenols is 2. The van der Waals surface area contributed by atoms with Crippen molar-refractivity contribution in [1.82, 2.24) is 0 Å². The molecule has 0 saturated heterocycles. The number of rotatable bonds is 14. The minimum atomic E-state index is -0.934. The highest BCUT2D eigenvalue weighted by Crippen LogP contribution is 2.41. The van der Waals surface area contributed by atoms with Crippen LogP contribution in [-0.2, 0) is 53.6 Å². The van der Waals surface area contributed by atoms with Gasteiger partial charge in [0.1, 0.15) is 11.5 Å². The smallest absolute Gasteiger partial charge is 0.309 e. The zero-order valence-corrected chi connectivity index (χ0v) is 32.5. The maximum atomic E-state index is 13.2. The summed E-state index contributed by atoms with van der Waals surface area (Å²) in [7, 11) is 0. The third kappa shape index (κ3) is 12.5. The molecular weight excluding hydrogens is 600 g/mol. The second kappa shape index (κ2) is 16.6. The molecular formula is C42H66O6. The van der Waals surface area contributed by atoms with Gasteiger partial charge in [-0.05, 0) is 74.3 Å². The molecule has 0 saturated carbocycles. The van der Waals surface area contributed by atoms with Crippen LogP contribution in [0.4, 0.5) is 0 Å². The average molecular weight is 667 g/mol. The number of hydrogen-bond donors (Lipinski definition) is 2. The molecule has 2 rings (SSSR count). The minimum Gasteiger partial charge on any atom is -0.507 e. The molecule has 0 aliphatic carbocycles. The topological polar surface area (TPSA) is 93.1 Å². The molecule has 0 aromatic heterocycles. The third-order valence-corrected chi connectivity index (χ3v) is 8.88. The molecule has 0 spiro atoms. The lowest BCUT2D eigenvalue weighted by Gasteiger charge is -2.28. The van der Waals surface area contributed by atoms with Crippen molar-refractivity contribution in [3.63, 3.8) is 0 Å². The third-order valence-electron chi connectivity index (χ3n) is 8.88. The van der Waals surface area contributed by atoms with Crippen LogP contribution < -0.4 is 0 Å². The number of carbonyl (C=O) groups excluding carboxylic acids is 2. The Morgan fingerprint density at radius 3 is 1.17 bits per heavy atom. The number of phenolic OH excluding ortho intramolecular Hbond substituents is 2. The Bertz CT molecular complexity index is 1210. The summed E-state index contributed by atoms with van der Waals surface area (Å²) in [6, 6.07) is 7.95. The SMILES string of the molecule is CCCCCCCC(OC(=O)CCc1cc(C(C)(C)C)c(O)c(C(C)(C)C)c1)OC(=O)CCc1cc(C(C)(C)C)c(O)c(C(C)(C)C)c1. The summed E-state index contributed by atoms with van der Waals surface area (Å²) < 4.78 is 11.6. The number of benzene rings is 2. The van der Waals surface area contributed by atoms with Gasteiger partial charge in [0.25, 0.3) is 0 Å². The molecule has 6 heteroatoms. The molecule has 2 aromatic rings. The van der Waals surface area contributed by atoms with E-state index in [1.165, 1.54) is 0 Å². The highest BCUT2D eigenvalue weighted by atomic mass is 16.7. The molecule has 6 nitrogen and oxygen atoms in total. The summed E-state index contributed by atoms with van der Waals surface area (Å²) in [5, 5.41) is 22.2. The van der Waals surface area contributed by atoms with Gasteiger partial charge in [-0.2, -0.15) is 0 Å². The van der Waals surface area contributed by atoms with Crippen LogP contribution in [0.1, 0.15) is 175 Å². The monoisotopic (exact) mass is 666 g/mol. The largest absolute Gasteiger partial charge is 0.507 e. The summed E-state index contributed by atoms with van der Waals surface area (Å²) in [5.74, 6) is -0.194. The first-order chi connectivity index (χ1) is 21.9. The Labute approximate surface area is 292 Å². The van der Waals surface area contributed by atoms with E-state index in [2.05, 4.69) is 90.0 Å². The van der Waals surface area contributed by atoms with Crippen molar-refractivity contribution in [3.8, 4) is 11.5 Å². The molecule has 0 radical (unpaired) electrons. The predicted octanol–water partition coefficient (Wildman–Crippen LogP) is 10.6. The van der Waals surface area contributed by atoms with Crippen molar-refractivity contribution in [1.29, 1.82) is 0 Å². The Hall–Kier alpha value is -3.02.